The van der Waals surface area contributed by atoms with Crippen molar-refractivity contribution in [3.8, 4) is 0 Å². The molecular weight excluding hydrogens is 420 g/mol. The van der Waals surface area contributed by atoms with Gasteiger partial charge in [0.1, 0.15) is 6.61 Å². The van der Waals surface area contributed by atoms with Crippen LogP contribution in [0.15, 0.2) is 72.8 Å². The molecule has 0 heterocycles. The Morgan fingerprint density at radius 1 is 0.839 bits per heavy atom. The Kier molecular flexibility index (Phi) is 7.24. The molecule has 0 aliphatic heterocycles. The van der Waals surface area contributed by atoms with Crippen molar-refractivity contribution in [2.75, 3.05) is 10.6 Å². The average molecular weight is 439 g/mol. The second-order valence-electron chi connectivity index (χ2n) is 6.64. The maximum Gasteiger partial charge on any atom is 0.411 e. The summed E-state index contributed by atoms with van der Waals surface area (Å²) in [4.78, 5) is 35.6. The van der Waals surface area contributed by atoms with Crippen molar-refractivity contribution in [3.63, 3.8) is 0 Å². The summed E-state index contributed by atoms with van der Waals surface area (Å²) in [6, 6.07) is 20.2. The lowest BCUT2D eigenvalue weighted by molar-refractivity contribution is -0.136. The van der Waals surface area contributed by atoms with Crippen LogP contribution >= 0.6 is 11.6 Å². The molecule has 2 amide bonds. The summed E-state index contributed by atoms with van der Waals surface area (Å²) in [6.07, 6.45) is -0.834. The Labute approximate surface area is 183 Å². The molecule has 3 aromatic carbocycles. The van der Waals surface area contributed by atoms with Gasteiger partial charge in [-0.3, -0.25) is 14.9 Å². The zero-order chi connectivity index (χ0) is 22.2. The van der Waals surface area contributed by atoms with Gasteiger partial charge in [-0.25, -0.2) is 4.79 Å². The summed E-state index contributed by atoms with van der Waals surface area (Å²) in [5.74, 6) is -1.43. The van der Waals surface area contributed by atoms with E-state index in [4.69, 9.17) is 21.4 Å². The first-order valence-corrected chi connectivity index (χ1v) is 9.67. The van der Waals surface area contributed by atoms with Crippen LogP contribution in [0, 0.1) is 0 Å². The number of hydrogen-bond donors (Lipinski definition) is 3. The number of benzene rings is 3. The zero-order valence-electron chi connectivity index (χ0n) is 16.3. The summed E-state index contributed by atoms with van der Waals surface area (Å²) >= 11 is 6.10. The van der Waals surface area contributed by atoms with E-state index in [0.717, 1.165) is 5.56 Å². The Morgan fingerprint density at radius 3 is 2.32 bits per heavy atom. The van der Waals surface area contributed by atoms with Crippen LogP contribution in [0.4, 0.5) is 16.2 Å². The van der Waals surface area contributed by atoms with Crippen molar-refractivity contribution in [2.24, 2.45) is 0 Å². The number of anilines is 2. The van der Waals surface area contributed by atoms with Crippen LogP contribution in [0.3, 0.4) is 0 Å². The molecule has 0 saturated carbocycles. The summed E-state index contributed by atoms with van der Waals surface area (Å²) in [7, 11) is 0. The molecule has 0 fully saturated rings. The van der Waals surface area contributed by atoms with Gasteiger partial charge < -0.3 is 15.2 Å². The maximum absolute atomic E-state index is 12.6. The number of ether oxygens (including phenoxy) is 1. The molecule has 0 spiro atoms. The summed E-state index contributed by atoms with van der Waals surface area (Å²) < 4.78 is 5.17. The largest absolute Gasteiger partial charge is 0.481 e. The van der Waals surface area contributed by atoms with E-state index in [2.05, 4.69) is 10.6 Å². The molecule has 8 heteroatoms. The summed E-state index contributed by atoms with van der Waals surface area (Å²) in [5.41, 5.74) is 2.36. The molecule has 3 rings (SSSR count). The number of halogens is 1. The van der Waals surface area contributed by atoms with Crippen molar-refractivity contribution < 1.29 is 24.2 Å². The minimum Gasteiger partial charge on any atom is -0.481 e. The third-order valence-corrected chi connectivity index (χ3v) is 4.38. The fraction of sp³-hybridized carbons (Fsp3) is 0.0870. The second-order valence-corrected chi connectivity index (χ2v) is 7.08. The molecule has 31 heavy (non-hydrogen) atoms. The van der Waals surface area contributed by atoms with Gasteiger partial charge in [0.05, 0.1) is 6.42 Å². The SMILES string of the molecule is O=C(O)Cc1cccc(NC(=O)c2cc(Cl)cc(NC(=O)OCc3ccccc3)c2)c1. The number of carboxylic acids is 1. The quantitative estimate of drug-likeness (QED) is 0.483. The Balaban J connectivity index is 1.65. The first kappa shape index (κ1) is 21.9. The molecule has 0 aromatic heterocycles. The number of carboxylic acid groups (broad SMARTS) is 1. The predicted molar refractivity (Wildman–Crippen MR) is 117 cm³/mol. The monoisotopic (exact) mass is 438 g/mol. The molecule has 0 bridgehead atoms. The van der Waals surface area contributed by atoms with Gasteiger partial charge in [0, 0.05) is 22.0 Å². The number of amides is 2. The Bertz CT molecular complexity index is 1100. The lowest BCUT2D eigenvalue weighted by atomic mass is 10.1. The van der Waals surface area contributed by atoms with E-state index in [-0.39, 0.29) is 23.6 Å². The van der Waals surface area contributed by atoms with Crippen LogP contribution in [-0.4, -0.2) is 23.1 Å². The molecule has 0 aliphatic carbocycles. The van der Waals surface area contributed by atoms with Gasteiger partial charge in [-0.2, -0.15) is 0 Å². The van der Waals surface area contributed by atoms with E-state index in [1.807, 2.05) is 30.3 Å². The second kappa shape index (κ2) is 10.3. The van der Waals surface area contributed by atoms with Gasteiger partial charge in [0.15, 0.2) is 0 Å². The number of aliphatic carboxylic acids is 1. The van der Waals surface area contributed by atoms with Crippen LogP contribution in [0.25, 0.3) is 0 Å². The third-order valence-electron chi connectivity index (χ3n) is 4.16. The highest BCUT2D eigenvalue weighted by Gasteiger charge is 2.12. The van der Waals surface area contributed by atoms with Gasteiger partial charge >= 0.3 is 12.1 Å². The predicted octanol–water partition coefficient (Wildman–Crippen LogP) is 4.97. The van der Waals surface area contributed by atoms with Gasteiger partial charge in [0.2, 0.25) is 0 Å². The van der Waals surface area contributed by atoms with Crippen molar-refractivity contribution >= 4 is 40.9 Å². The van der Waals surface area contributed by atoms with E-state index in [0.29, 0.717) is 16.9 Å². The smallest absolute Gasteiger partial charge is 0.411 e. The standard InChI is InChI=1S/C23H19ClN2O5/c24-18-11-17(22(29)25-19-8-4-7-16(9-19)10-21(27)28)12-20(13-18)26-23(30)31-14-15-5-2-1-3-6-15/h1-9,11-13H,10,14H2,(H,25,29)(H,26,30)(H,27,28). The molecule has 0 aliphatic rings. The van der Waals surface area contributed by atoms with Crippen LogP contribution < -0.4 is 10.6 Å². The van der Waals surface area contributed by atoms with Crippen molar-refractivity contribution in [2.45, 2.75) is 13.0 Å². The topological polar surface area (TPSA) is 105 Å². The van der Waals surface area contributed by atoms with Gasteiger partial charge in [-0.15, -0.1) is 0 Å². The average Bonchev–Trinajstić information content (AvgIpc) is 2.72. The molecule has 158 valence electrons. The van der Waals surface area contributed by atoms with Crippen LogP contribution in [0.5, 0.6) is 0 Å². The molecule has 3 N–H and O–H groups in total. The lowest BCUT2D eigenvalue weighted by Crippen LogP contribution is -2.16. The number of carbonyl (C=O) groups excluding carboxylic acids is 2. The minimum absolute atomic E-state index is 0.104. The highest BCUT2D eigenvalue weighted by molar-refractivity contribution is 6.31. The minimum atomic E-state index is -0.965. The van der Waals surface area contributed by atoms with Crippen molar-refractivity contribution in [1.82, 2.24) is 0 Å². The van der Waals surface area contributed by atoms with Crippen LogP contribution in [0.2, 0.25) is 5.02 Å². The first-order chi connectivity index (χ1) is 14.9. The molecule has 3 aromatic rings. The molecule has 0 saturated heterocycles. The third kappa shape index (κ3) is 6.87. The number of carbonyl (C=O) groups is 3. The normalized spacial score (nSPS) is 10.2. The van der Waals surface area contributed by atoms with Gasteiger partial charge in [0.25, 0.3) is 5.91 Å². The summed E-state index contributed by atoms with van der Waals surface area (Å²) in [6.45, 7) is 0.104. The van der Waals surface area contributed by atoms with Crippen molar-refractivity contribution in [1.29, 1.82) is 0 Å². The van der Waals surface area contributed by atoms with E-state index in [9.17, 15) is 14.4 Å². The molecule has 7 nitrogen and oxygen atoms in total. The van der Waals surface area contributed by atoms with E-state index in [1.165, 1.54) is 18.2 Å². The maximum atomic E-state index is 12.6. The molecule has 0 unspecified atom stereocenters. The van der Waals surface area contributed by atoms with Crippen LogP contribution in [0.1, 0.15) is 21.5 Å². The summed E-state index contributed by atoms with van der Waals surface area (Å²) in [5, 5.41) is 14.4. The molecule has 0 radical (unpaired) electrons. The fourth-order valence-corrected chi connectivity index (χ4v) is 3.04. The number of nitrogens with one attached hydrogen (secondary N) is 2. The molecule has 0 atom stereocenters. The fourth-order valence-electron chi connectivity index (χ4n) is 2.81. The highest BCUT2D eigenvalue weighted by Crippen LogP contribution is 2.21. The Hall–Kier alpha value is -3.84. The highest BCUT2D eigenvalue weighted by atomic mass is 35.5. The zero-order valence-corrected chi connectivity index (χ0v) is 17.1. The lowest BCUT2D eigenvalue weighted by Gasteiger charge is -2.11. The molecular formula is C23H19ClN2O5. The number of rotatable bonds is 7. The van der Waals surface area contributed by atoms with Crippen LogP contribution in [-0.2, 0) is 22.6 Å². The first-order valence-electron chi connectivity index (χ1n) is 9.29. The van der Waals surface area contributed by atoms with Gasteiger partial charge in [-0.1, -0.05) is 54.1 Å². The van der Waals surface area contributed by atoms with E-state index in [1.54, 1.807) is 24.3 Å². The van der Waals surface area contributed by atoms with E-state index < -0.39 is 18.0 Å². The van der Waals surface area contributed by atoms with Gasteiger partial charge in [-0.05, 0) is 41.5 Å². The van der Waals surface area contributed by atoms with Crippen molar-refractivity contribution in [3.05, 3.63) is 94.5 Å². The number of hydrogen-bond acceptors (Lipinski definition) is 4. The van der Waals surface area contributed by atoms with E-state index >= 15 is 0 Å². The Morgan fingerprint density at radius 2 is 1.58 bits per heavy atom.